The smallest absolute Gasteiger partial charge is 0.243 e. The normalized spacial score (nSPS) is 18.3. The van der Waals surface area contributed by atoms with Gasteiger partial charge in [-0.3, -0.25) is 14.5 Å². The fourth-order valence-corrected chi connectivity index (χ4v) is 6.03. The van der Waals surface area contributed by atoms with Gasteiger partial charge in [0.25, 0.3) is 0 Å². The van der Waals surface area contributed by atoms with E-state index >= 15 is 0 Å². The van der Waals surface area contributed by atoms with E-state index in [2.05, 4.69) is 4.90 Å². The van der Waals surface area contributed by atoms with Crippen molar-refractivity contribution < 1.29 is 18.0 Å². The highest BCUT2D eigenvalue weighted by Crippen LogP contribution is 2.21. The maximum atomic E-state index is 12.8. The van der Waals surface area contributed by atoms with Crippen LogP contribution in [-0.4, -0.2) is 98.1 Å². The molecule has 0 bridgehead atoms. The number of benzene rings is 1. The van der Waals surface area contributed by atoms with Crippen molar-refractivity contribution in [1.29, 1.82) is 0 Å². The van der Waals surface area contributed by atoms with E-state index in [0.717, 1.165) is 37.9 Å². The van der Waals surface area contributed by atoms with Crippen LogP contribution in [0.3, 0.4) is 0 Å². The number of nitrogens with zero attached hydrogens (tertiary/aromatic N) is 4. The summed E-state index contributed by atoms with van der Waals surface area (Å²) in [6, 6.07) is 6.96. The highest BCUT2D eigenvalue weighted by Gasteiger charge is 2.26. The van der Waals surface area contributed by atoms with E-state index in [0.29, 0.717) is 63.6 Å². The molecular formula is C24H38N4O4S. The van der Waals surface area contributed by atoms with Crippen LogP contribution in [0, 0.1) is 0 Å². The zero-order chi connectivity index (χ0) is 23.8. The van der Waals surface area contributed by atoms with E-state index in [9.17, 15) is 18.0 Å². The van der Waals surface area contributed by atoms with Gasteiger partial charge in [-0.05, 0) is 50.8 Å². The van der Waals surface area contributed by atoms with E-state index < -0.39 is 10.0 Å². The van der Waals surface area contributed by atoms with Crippen molar-refractivity contribution in [1.82, 2.24) is 19.0 Å². The molecule has 2 aliphatic rings. The summed E-state index contributed by atoms with van der Waals surface area (Å²) >= 11 is 0. The van der Waals surface area contributed by atoms with Gasteiger partial charge in [0, 0.05) is 58.8 Å². The molecule has 8 nitrogen and oxygen atoms in total. The van der Waals surface area contributed by atoms with E-state index in [-0.39, 0.29) is 11.8 Å². The molecule has 9 heteroatoms. The molecule has 0 saturated carbocycles. The van der Waals surface area contributed by atoms with Gasteiger partial charge in [0.05, 0.1) is 11.4 Å². The summed E-state index contributed by atoms with van der Waals surface area (Å²) in [5, 5.41) is 0. The minimum atomic E-state index is -3.42. The number of amides is 2. The number of piperazine rings is 1. The summed E-state index contributed by atoms with van der Waals surface area (Å²) in [5.74, 6) is 0.250. The number of sulfonamides is 1. The molecule has 1 aromatic rings. The van der Waals surface area contributed by atoms with Gasteiger partial charge in [-0.1, -0.05) is 18.6 Å². The Labute approximate surface area is 198 Å². The van der Waals surface area contributed by atoms with Crippen LogP contribution in [0.1, 0.15) is 45.1 Å². The second kappa shape index (κ2) is 11.9. The quantitative estimate of drug-likeness (QED) is 0.541. The molecule has 0 aromatic heterocycles. The highest BCUT2D eigenvalue weighted by atomic mass is 32.2. The third-order valence-corrected chi connectivity index (χ3v) is 8.62. The zero-order valence-corrected chi connectivity index (χ0v) is 20.9. The van der Waals surface area contributed by atoms with Gasteiger partial charge < -0.3 is 9.80 Å². The van der Waals surface area contributed by atoms with Crippen LogP contribution in [0.5, 0.6) is 0 Å². The van der Waals surface area contributed by atoms with Crippen molar-refractivity contribution in [2.45, 2.75) is 50.8 Å². The maximum Gasteiger partial charge on any atom is 0.243 e. The van der Waals surface area contributed by atoms with Crippen LogP contribution >= 0.6 is 0 Å². The second-order valence-corrected chi connectivity index (χ2v) is 10.8. The standard InChI is InChI=1S/C24H38N4O4S/c1-3-26(4-2)24(30)20-25-16-18-27(19-17-25)23(29)13-10-21-8-11-22(12-9-21)33(31,32)28-14-6-5-7-15-28/h8-9,11-12H,3-7,10,13-20H2,1-2H3. The minimum Gasteiger partial charge on any atom is -0.342 e. The molecule has 0 unspecified atom stereocenters. The Morgan fingerprint density at radius 3 is 2.06 bits per heavy atom. The second-order valence-electron chi connectivity index (χ2n) is 8.83. The summed E-state index contributed by atoms with van der Waals surface area (Å²) in [5.41, 5.74) is 0.962. The van der Waals surface area contributed by atoms with Crippen LogP contribution < -0.4 is 0 Å². The van der Waals surface area contributed by atoms with Gasteiger partial charge in [-0.2, -0.15) is 4.31 Å². The topological polar surface area (TPSA) is 81.2 Å². The number of hydrogen-bond donors (Lipinski definition) is 0. The molecule has 1 aromatic carbocycles. The Hall–Kier alpha value is -1.97. The molecule has 33 heavy (non-hydrogen) atoms. The zero-order valence-electron chi connectivity index (χ0n) is 20.0. The Bertz CT molecular complexity index is 886. The summed E-state index contributed by atoms with van der Waals surface area (Å²) in [6.45, 7) is 9.70. The fraction of sp³-hybridized carbons (Fsp3) is 0.667. The van der Waals surface area contributed by atoms with Gasteiger partial charge >= 0.3 is 0 Å². The first-order chi connectivity index (χ1) is 15.8. The number of likely N-dealkylation sites (N-methyl/N-ethyl adjacent to an activating group) is 1. The molecule has 0 aliphatic carbocycles. The lowest BCUT2D eigenvalue weighted by atomic mass is 10.1. The molecule has 2 saturated heterocycles. The lowest BCUT2D eigenvalue weighted by Gasteiger charge is -2.35. The van der Waals surface area contributed by atoms with Crippen molar-refractivity contribution in [3.8, 4) is 0 Å². The molecule has 184 valence electrons. The molecule has 2 fully saturated rings. The monoisotopic (exact) mass is 478 g/mol. The third-order valence-electron chi connectivity index (χ3n) is 6.70. The van der Waals surface area contributed by atoms with Crippen molar-refractivity contribution in [3.63, 3.8) is 0 Å². The van der Waals surface area contributed by atoms with E-state index in [1.807, 2.05) is 35.8 Å². The van der Waals surface area contributed by atoms with Gasteiger partial charge in [0.2, 0.25) is 21.8 Å². The minimum absolute atomic E-state index is 0.106. The van der Waals surface area contributed by atoms with Crippen LogP contribution in [0.15, 0.2) is 29.2 Å². The van der Waals surface area contributed by atoms with Crippen LogP contribution in [-0.2, 0) is 26.0 Å². The summed E-state index contributed by atoms with van der Waals surface area (Å²) < 4.78 is 27.1. The molecule has 3 rings (SSSR count). The predicted octanol–water partition coefficient (Wildman–Crippen LogP) is 1.81. The largest absolute Gasteiger partial charge is 0.342 e. The lowest BCUT2D eigenvalue weighted by molar-refractivity contribution is -0.135. The van der Waals surface area contributed by atoms with Gasteiger partial charge in [-0.25, -0.2) is 8.42 Å². The van der Waals surface area contributed by atoms with Gasteiger partial charge in [0.15, 0.2) is 0 Å². The van der Waals surface area contributed by atoms with Crippen LogP contribution in [0.2, 0.25) is 0 Å². The molecule has 2 heterocycles. The molecule has 0 N–H and O–H groups in total. The fourth-order valence-electron chi connectivity index (χ4n) is 4.51. The summed E-state index contributed by atoms with van der Waals surface area (Å²) in [6.07, 6.45) is 3.91. The maximum absolute atomic E-state index is 12.8. The van der Waals surface area contributed by atoms with Gasteiger partial charge in [0.1, 0.15) is 0 Å². The highest BCUT2D eigenvalue weighted by molar-refractivity contribution is 7.89. The first-order valence-corrected chi connectivity index (χ1v) is 13.7. The first kappa shape index (κ1) is 25.6. The Kier molecular flexibility index (Phi) is 9.28. The van der Waals surface area contributed by atoms with Crippen molar-refractivity contribution in [2.75, 3.05) is 58.9 Å². The Balaban J connectivity index is 1.44. The SMILES string of the molecule is CCN(CC)C(=O)CN1CCN(C(=O)CCc2ccc(S(=O)(=O)N3CCCCC3)cc2)CC1. The molecule has 0 radical (unpaired) electrons. The first-order valence-electron chi connectivity index (χ1n) is 12.2. The van der Waals surface area contributed by atoms with Crippen molar-refractivity contribution in [3.05, 3.63) is 29.8 Å². The van der Waals surface area contributed by atoms with Crippen LogP contribution in [0.4, 0.5) is 0 Å². The summed E-state index contributed by atoms with van der Waals surface area (Å²) in [7, 11) is -3.42. The number of piperidine rings is 1. The molecule has 0 atom stereocenters. The average Bonchev–Trinajstić information content (AvgIpc) is 2.84. The molecule has 0 spiro atoms. The third kappa shape index (κ3) is 6.77. The van der Waals surface area contributed by atoms with Gasteiger partial charge in [-0.15, -0.1) is 0 Å². The number of aryl methyl sites for hydroxylation is 1. The Morgan fingerprint density at radius 2 is 1.48 bits per heavy atom. The average molecular weight is 479 g/mol. The Morgan fingerprint density at radius 1 is 0.879 bits per heavy atom. The molecular weight excluding hydrogens is 440 g/mol. The summed E-state index contributed by atoms with van der Waals surface area (Å²) in [4.78, 5) is 31.1. The molecule has 2 amide bonds. The van der Waals surface area contributed by atoms with Crippen molar-refractivity contribution in [2.24, 2.45) is 0 Å². The lowest BCUT2D eigenvalue weighted by Crippen LogP contribution is -2.51. The number of hydrogen-bond acceptors (Lipinski definition) is 5. The van der Waals surface area contributed by atoms with Crippen LogP contribution in [0.25, 0.3) is 0 Å². The number of carbonyl (C=O) groups is 2. The number of carbonyl (C=O) groups excluding carboxylic acids is 2. The number of rotatable bonds is 9. The van der Waals surface area contributed by atoms with E-state index in [1.54, 1.807) is 16.4 Å². The van der Waals surface area contributed by atoms with E-state index in [1.165, 1.54) is 0 Å². The molecule has 2 aliphatic heterocycles. The van der Waals surface area contributed by atoms with Crippen molar-refractivity contribution >= 4 is 21.8 Å². The van der Waals surface area contributed by atoms with E-state index in [4.69, 9.17) is 0 Å². The predicted molar refractivity (Wildman–Crippen MR) is 128 cm³/mol.